The van der Waals surface area contributed by atoms with Crippen LogP contribution in [0.4, 0.5) is 8.78 Å². The van der Waals surface area contributed by atoms with Crippen molar-refractivity contribution in [2.45, 2.75) is 26.4 Å². The van der Waals surface area contributed by atoms with Gasteiger partial charge in [0, 0.05) is 19.7 Å². The third kappa shape index (κ3) is 13.6. The molecule has 0 aromatic rings. The molecule has 0 spiro atoms. The summed E-state index contributed by atoms with van der Waals surface area (Å²) < 4.78 is 33.3. The third-order valence-electron chi connectivity index (χ3n) is 1.81. The maximum atomic E-state index is 11.7. The van der Waals surface area contributed by atoms with Crippen LogP contribution < -0.4 is 5.32 Å². The summed E-state index contributed by atoms with van der Waals surface area (Å²) in [5.41, 5.74) is 0. The number of rotatable bonds is 11. The SMILES string of the molecule is CC(C)COCC(O)CNCCOCC(F)F. The molecule has 2 N–H and O–H groups in total. The second-order valence-corrected chi connectivity index (χ2v) is 4.26. The molecular formula is C11H23F2NO3. The van der Waals surface area contributed by atoms with Gasteiger partial charge in [-0.1, -0.05) is 13.8 Å². The Labute approximate surface area is 101 Å². The van der Waals surface area contributed by atoms with Crippen molar-refractivity contribution >= 4 is 0 Å². The van der Waals surface area contributed by atoms with Gasteiger partial charge in [0.05, 0.1) is 19.3 Å². The summed E-state index contributed by atoms with van der Waals surface area (Å²) in [5, 5.41) is 12.4. The lowest BCUT2D eigenvalue weighted by molar-refractivity contribution is 0.0132. The average molecular weight is 255 g/mol. The van der Waals surface area contributed by atoms with Crippen LogP contribution in [0.5, 0.6) is 0 Å². The van der Waals surface area contributed by atoms with Crippen LogP contribution in [0, 0.1) is 5.92 Å². The van der Waals surface area contributed by atoms with Gasteiger partial charge in [0.2, 0.25) is 0 Å². The molecular weight excluding hydrogens is 232 g/mol. The summed E-state index contributed by atoms with van der Waals surface area (Å²) in [6, 6.07) is 0. The Balaban J connectivity index is 3.19. The van der Waals surface area contributed by atoms with E-state index in [1.165, 1.54) is 0 Å². The van der Waals surface area contributed by atoms with E-state index in [0.717, 1.165) is 0 Å². The molecule has 0 fully saturated rings. The van der Waals surface area contributed by atoms with Crippen molar-refractivity contribution in [3.8, 4) is 0 Å². The molecule has 17 heavy (non-hydrogen) atoms. The predicted octanol–water partition coefficient (Wildman–Crippen LogP) is 0.891. The molecule has 0 aromatic heterocycles. The molecule has 0 aromatic carbocycles. The van der Waals surface area contributed by atoms with Crippen molar-refractivity contribution in [3.05, 3.63) is 0 Å². The lowest BCUT2D eigenvalue weighted by Gasteiger charge is -2.13. The first-order valence-corrected chi connectivity index (χ1v) is 5.84. The average Bonchev–Trinajstić information content (AvgIpc) is 2.22. The summed E-state index contributed by atoms with van der Waals surface area (Å²) in [7, 11) is 0. The molecule has 0 saturated heterocycles. The maximum Gasteiger partial charge on any atom is 0.261 e. The van der Waals surface area contributed by atoms with E-state index in [1.807, 2.05) is 13.8 Å². The number of aliphatic hydroxyl groups excluding tert-OH is 1. The Hall–Kier alpha value is -0.300. The van der Waals surface area contributed by atoms with Crippen LogP contribution in [0.1, 0.15) is 13.8 Å². The quantitative estimate of drug-likeness (QED) is 0.538. The summed E-state index contributed by atoms with van der Waals surface area (Å²) in [4.78, 5) is 0. The van der Waals surface area contributed by atoms with Gasteiger partial charge in [-0.25, -0.2) is 8.78 Å². The Morgan fingerprint density at radius 3 is 2.41 bits per heavy atom. The highest BCUT2D eigenvalue weighted by atomic mass is 19.3. The number of nitrogens with one attached hydrogen (secondary N) is 1. The molecule has 0 aliphatic rings. The Kier molecular flexibility index (Phi) is 10.6. The lowest BCUT2D eigenvalue weighted by Crippen LogP contribution is -2.33. The largest absolute Gasteiger partial charge is 0.389 e. The number of hydrogen-bond donors (Lipinski definition) is 2. The van der Waals surface area contributed by atoms with E-state index in [2.05, 4.69) is 10.1 Å². The van der Waals surface area contributed by atoms with Gasteiger partial charge in [-0.15, -0.1) is 0 Å². The fraction of sp³-hybridized carbons (Fsp3) is 1.00. The van der Waals surface area contributed by atoms with Gasteiger partial charge in [0.1, 0.15) is 6.61 Å². The van der Waals surface area contributed by atoms with Gasteiger partial charge in [-0.3, -0.25) is 0 Å². The van der Waals surface area contributed by atoms with Crippen LogP contribution >= 0.6 is 0 Å². The van der Waals surface area contributed by atoms with Gasteiger partial charge in [-0.2, -0.15) is 0 Å². The highest BCUT2D eigenvalue weighted by Crippen LogP contribution is 1.94. The Bertz CT molecular complexity index is 171. The highest BCUT2D eigenvalue weighted by Gasteiger charge is 2.05. The van der Waals surface area contributed by atoms with Crippen molar-refractivity contribution in [1.82, 2.24) is 5.32 Å². The van der Waals surface area contributed by atoms with Crippen molar-refractivity contribution in [1.29, 1.82) is 0 Å². The van der Waals surface area contributed by atoms with Gasteiger partial charge < -0.3 is 19.9 Å². The van der Waals surface area contributed by atoms with Gasteiger partial charge in [-0.05, 0) is 5.92 Å². The van der Waals surface area contributed by atoms with Crippen LogP contribution in [0.15, 0.2) is 0 Å². The van der Waals surface area contributed by atoms with Crippen molar-refractivity contribution in [2.75, 3.05) is 39.5 Å². The fourth-order valence-electron chi connectivity index (χ4n) is 1.08. The molecule has 0 amide bonds. The molecule has 6 heteroatoms. The number of ether oxygens (including phenoxy) is 2. The molecule has 0 heterocycles. The monoisotopic (exact) mass is 255 g/mol. The molecule has 1 unspecified atom stereocenters. The third-order valence-corrected chi connectivity index (χ3v) is 1.81. The molecule has 0 rings (SSSR count). The first-order chi connectivity index (χ1) is 8.02. The highest BCUT2D eigenvalue weighted by molar-refractivity contribution is 4.58. The van der Waals surface area contributed by atoms with E-state index < -0.39 is 19.1 Å². The van der Waals surface area contributed by atoms with E-state index in [4.69, 9.17) is 4.74 Å². The molecule has 0 aliphatic heterocycles. The summed E-state index contributed by atoms with van der Waals surface area (Å²) >= 11 is 0. The first-order valence-electron chi connectivity index (χ1n) is 5.84. The molecule has 1 atom stereocenters. The summed E-state index contributed by atoms with van der Waals surface area (Å²) in [6.45, 7) is 5.45. The second kappa shape index (κ2) is 10.8. The molecule has 0 radical (unpaired) electrons. The maximum absolute atomic E-state index is 11.7. The minimum Gasteiger partial charge on any atom is -0.389 e. The standard InChI is InChI=1S/C11H23F2NO3/c1-9(2)6-17-7-10(15)5-14-3-4-16-8-11(12)13/h9-11,14-15H,3-8H2,1-2H3. The molecule has 0 aliphatic carbocycles. The minimum absolute atomic E-state index is 0.212. The smallest absolute Gasteiger partial charge is 0.261 e. The fourth-order valence-corrected chi connectivity index (χ4v) is 1.08. The van der Waals surface area contributed by atoms with Crippen LogP contribution in [-0.2, 0) is 9.47 Å². The molecule has 0 bridgehead atoms. The minimum atomic E-state index is -2.43. The zero-order valence-electron chi connectivity index (χ0n) is 10.5. The zero-order valence-corrected chi connectivity index (χ0v) is 10.5. The zero-order chi connectivity index (χ0) is 13.1. The van der Waals surface area contributed by atoms with E-state index in [9.17, 15) is 13.9 Å². The normalized spacial score (nSPS) is 13.6. The Morgan fingerprint density at radius 2 is 1.82 bits per heavy atom. The first kappa shape index (κ1) is 16.7. The van der Waals surface area contributed by atoms with Crippen molar-refractivity contribution in [3.63, 3.8) is 0 Å². The van der Waals surface area contributed by atoms with E-state index in [-0.39, 0.29) is 13.2 Å². The van der Waals surface area contributed by atoms with Crippen molar-refractivity contribution in [2.24, 2.45) is 5.92 Å². The van der Waals surface area contributed by atoms with Gasteiger partial charge in [0.25, 0.3) is 6.43 Å². The summed E-state index contributed by atoms with van der Waals surface area (Å²) in [6.07, 6.45) is -3.01. The van der Waals surface area contributed by atoms with E-state index >= 15 is 0 Å². The topological polar surface area (TPSA) is 50.7 Å². The van der Waals surface area contributed by atoms with E-state index in [0.29, 0.717) is 25.6 Å². The van der Waals surface area contributed by atoms with Crippen LogP contribution in [0.25, 0.3) is 0 Å². The lowest BCUT2D eigenvalue weighted by atomic mass is 10.2. The van der Waals surface area contributed by atoms with Crippen LogP contribution in [0.2, 0.25) is 0 Å². The predicted molar refractivity (Wildman–Crippen MR) is 61.4 cm³/mol. The Morgan fingerprint density at radius 1 is 1.12 bits per heavy atom. The van der Waals surface area contributed by atoms with Crippen LogP contribution in [-0.4, -0.2) is 57.2 Å². The van der Waals surface area contributed by atoms with E-state index in [1.54, 1.807) is 0 Å². The van der Waals surface area contributed by atoms with Crippen molar-refractivity contribution < 1.29 is 23.4 Å². The number of alkyl halides is 2. The molecule has 4 nitrogen and oxygen atoms in total. The number of halogens is 2. The van der Waals surface area contributed by atoms with Gasteiger partial charge >= 0.3 is 0 Å². The molecule has 104 valence electrons. The van der Waals surface area contributed by atoms with Gasteiger partial charge in [0.15, 0.2) is 0 Å². The number of hydrogen-bond acceptors (Lipinski definition) is 4. The molecule has 0 saturated carbocycles. The second-order valence-electron chi connectivity index (χ2n) is 4.26. The number of aliphatic hydroxyl groups is 1. The summed E-state index contributed by atoms with van der Waals surface area (Å²) in [5.74, 6) is 0.443. The van der Waals surface area contributed by atoms with Crippen LogP contribution in [0.3, 0.4) is 0 Å².